The van der Waals surface area contributed by atoms with Crippen molar-refractivity contribution in [1.29, 1.82) is 0 Å². The number of carbonyl (C=O) groups is 4. The van der Waals surface area contributed by atoms with E-state index in [1.807, 2.05) is 22.6 Å². The molecule has 0 bridgehead atoms. The van der Waals surface area contributed by atoms with Crippen molar-refractivity contribution in [2.24, 2.45) is 5.92 Å². The summed E-state index contributed by atoms with van der Waals surface area (Å²) in [4.78, 5) is 51.5. The van der Waals surface area contributed by atoms with Gasteiger partial charge in [0.2, 0.25) is 24.0 Å². The van der Waals surface area contributed by atoms with Crippen LogP contribution in [-0.2, 0) is 14.4 Å². The topological polar surface area (TPSA) is 206 Å². The third-order valence-electron chi connectivity index (χ3n) is 9.86. The predicted octanol–water partition coefficient (Wildman–Crippen LogP) is -6.18. The second-order valence-electron chi connectivity index (χ2n) is 13.6. The smallest absolute Gasteiger partial charge is 0.308 e. The largest absolute Gasteiger partial charge is 0.481 e. The quantitative estimate of drug-likeness (QED) is 0.0349. The minimum absolute atomic E-state index is 0.00800. The monoisotopic (exact) mass is 719 g/mol. The fourth-order valence-electron chi connectivity index (χ4n) is 5.86. The van der Waals surface area contributed by atoms with E-state index in [1.54, 1.807) is 4.90 Å². The molecule has 0 aromatic heterocycles. The molecule has 280 valence electrons. The number of rotatable bonds is 22. The molecular formula is C34H54B5N3O10. The van der Waals surface area contributed by atoms with Crippen molar-refractivity contribution >= 4 is 95.9 Å². The van der Waals surface area contributed by atoms with Crippen LogP contribution in [0.2, 0.25) is 0 Å². The number of hydrogen-bond acceptors (Lipinski definition) is 9. The van der Waals surface area contributed by atoms with Crippen molar-refractivity contribution in [2.45, 2.75) is 89.8 Å². The molecule has 2 aromatic rings. The van der Waals surface area contributed by atoms with Crippen LogP contribution in [0.3, 0.4) is 0 Å². The molecule has 0 aliphatic heterocycles. The van der Waals surface area contributed by atoms with Crippen LogP contribution in [0.25, 0.3) is 0 Å². The number of nitrogens with zero attached hydrogens (tertiary/aromatic N) is 1. The predicted molar refractivity (Wildman–Crippen MR) is 215 cm³/mol. The Hall–Kier alpha value is -3.72. The summed E-state index contributed by atoms with van der Waals surface area (Å²) in [6.07, 6.45) is -2.30. The number of carbonyl (C=O) groups excluding carboxylic acids is 3. The van der Waals surface area contributed by atoms with Crippen molar-refractivity contribution in [3.8, 4) is 5.75 Å². The Labute approximate surface area is 311 Å². The van der Waals surface area contributed by atoms with E-state index in [0.29, 0.717) is 25.2 Å². The van der Waals surface area contributed by atoms with Gasteiger partial charge in [-0.3, -0.25) is 19.2 Å². The first-order valence-electron chi connectivity index (χ1n) is 18.2. The maximum Gasteiger partial charge on any atom is 0.308 e. The number of amides is 3. The maximum atomic E-state index is 13.0. The van der Waals surface area contributed by atoms with Gasteiger partial charge in [-0.25, -0.2) is 0 Å². The van der Waals surface area contributed by atoms with Gasteiger partial charge in [-0.05, 0) is 50.5 Å². The molecule has 52 heavy (non-hydrogen) atoms. The molecule has 0 saturated heterocycles. The van der Waals surface area contributed by atoms with Gasteiger partial charge >= 0.3 is 5.97 Å². The lowest BCUT2D eigenvalue weighted by atomic mass is 9.60. The highest BCUT2D eigenvalue weighted by molar-refractivity contribution is 6.68. The summed E-state index contributed by atoms with van der Waals surface area (Å²) in [5.74, 6) is -3.05. The second kappa shape index (κ2) is 21.7. The lowest BCUT2D eigenvalue weighted by molar-refractivity contribution is -0.177. The molecule has 13 nitrogen and oxygen atoms in total. The summed E-state index contributed by atoms with van der Waals surface area (Å²) in [5, 5.41) is 55.1. The van der Waals surface area contributed by atoms with Gasteiger partial charge in [0, 0.05) is 43.7 Å². The number of benzene rings is 2. The Balaban J connectivity index is 1.82. The highest BCUT2D eigenvalue weighted by atomic mass is 16.6. The highest BCUT2D eigenvalue weighted by Gasteiger charge is 2.37. The minimum Gasteiger partial charge on any atom is -0.481 e. The van der Waals surface area contributed by atoms with Gasteiger partial charge in [0.05, 0.1) is 12.0 Å². The Kier molecular flexibility index (Phi) is 18.6. The minimum atomic E-state index is -2.00. The Morgan fingerprint density at radius 3 is 1.90 bits per heavy atom. The lowest BCUT2D eigenvalue weighted by Crippen LogP contribution is -2.58. The molecule has 3 amide bonds. The molecule has 2 aromatic carbocycles. The van der Waals surface area contributed by atoms with Crippen molar-refractivity contribution in [3.63, 3.8) is 0 Å². The van der Waals surface area contributed by atoms with E-state index in [-0.39, 0.29) is 36.4 Å². The molecule has 18 heteroatoms. The normalized spacial score (nSPS) is 14.0. The summed E-state index contributed by atoms with van der Waals surface area (Å²) in [6.45, 7) is 4.53. The van der Waals surface area contributed by atoms with Crippen molar-refractivity contribution in [3.05, 3.63) is 29.8 Å². The number of nitrogens with one attached hydrogen (secondary N) is 2. The molecule has 5 unspecified atom stereocenters. The average Bonchev–Trinajstić information content (AvgIpc) is 3.12. The zero-order chi connectivity index (χ0) is 39.1. The van der Waals surface area contributed by atoms with Crippen LogP contribution in [0, 0.1) is 5.92 Å². The van der Waals surface area contributed by atoms with E-state index in [0.717, 1.165) is 72.9 Å². The Morgan fingerprint density at radius 1 is 0.750 bits per heavy atom. The summed E-state index contributed by atoms with van der Waals surface area (Å²) < 4.78 is 5.21. The Morgan fingerprint density at radius 2 is 1.33 bits per heavy atom. The van der Waals surface area contributed by atoms with Gasteiger partial charge in [0.25, 0.3) is 0 Å². The van der Waals surface area contributed by atoms with Gasteiger partial charge in [0.15, 0.2) is 0 Å². The standard InChI is InChI=1S/C34H54B5N3O10/c1-3-4-9-22(44)42(16-8-6-5-7-15-40-32(48)23-24(35)26(37)28(39)27(38)25(23)36)17-14-21(43)41-19-10-12-20(13-11-19)52-34(51)31(47)30(46)29(45)18(2)33(49)50/h10-13,18,29-31,34,45-47,51H,3-9,14-17,35-39H2,1-2H3,(H,40,48)(H,41,43)(H,49,50). The summed E-state index contributed by atoms with van der Waals surface area (Å²) in [6, 6.07) is 5.82. The van der Waals surface area contributed by atoms with Crippen LogP contribution in [0.4, 0.5) is 5.69 Å². The molecule has 0 saturated carbocycles. The third-order valence-corrected chi connectivity index (χ3v) is 9.86. The average molecular weight is 719 g/mol. The van der Waals surface area contributed by atoms with E-state index in [1.165, 1.54) is 29.7 Å². The lowest BCUT2D eigenvalue weighted by Gasteiger charge is -2.28. The second-order valence-corrected chi connectivity index (χ2v) is 13.6. The zero-order valence-electron chi connectivity index (χ0n) is 31.7. The molecule has 0 aliphatic rings. The highest BCUT2D eigenvalue weighted by Crippen LogP contribution is 2.20. The molecule has 0 heterocycles. The summed E-state index contributed by atoms with van der Waals surface area (Å²) >= 11 is 0. The van der Waals surface area contributed by atoms with Crippen LogP contribution in [-0.4, -0.2) is 138 Å². The van der Waals surface area contributed by atoms with Gasteiger partial charge in [-0.2, -0.15) is 0 Å². The number of hydrogen-bond donors (Lipinski definition) is 7. The first-order chi connectivity index (χ1) is 24.5. The van der Waals surface area contributed by atoms with Crippen molar-refractivity contribution in [1.82, 2.24) is 10.2 Å². The number of carboxylic acid groups (broad SMARTS) is 1. The fourth-order valence-corrected chi connectivity index (χ4v) is 5.86. The van der Waals surface area contributed by atoms with Gasteiger partial charge < -0.3 is 45.8 Å². The molecular weight excluding hydrogens is 664 g/mol. The molecule has 7 N–H and O–H groups in total. The first-order valence-corrected chi connectivity index (χ1v) is 18.2. The van der Waals surface area contributed by atoms with E-state index < -0.39 is 36.5 Å². The van der Waals surface area contributed by atoms with Gasteiger partial charge in [-0.1, -0.05) is 37.1 Å². The number of aliphatic hydroxyl groups is 4. The van der Waals surface area contributed by atoms with Gasteiger partial charge in [-0.15, -0.1) is 16.4 Å². The first kappa shape index (κ1) is 44.4. The van der Waals surface area contributed by atoms with E-state index in [9.17, 15) is 39.6 Å². The summed E-state index contributed by atoms with van der Waals surface area (Å²) in [7, 11) is 10.2. The van der Waals surface area contributed by atoms with Crippen LogP contribution < -0.4 is 42.7 Å². The number of aliphatic carboxylic acids is 1. The molecule has 0 aliphatic carbocycles. The van der Waals surface area contributed by atoms with E-state index in [4.69, 9.17) is 9.84 Å². The van der Waals surface area contributed by atoms with Crippen LogP contribution in [0.15, 0.2) is 24.3 Å². The number of carboxylic acids is 1. The molecule has 2 rings (SSSR count). The van der Waals surface area contributed by atoms with Crippen molar-refractivity contribution < 1.29 is 49.4 Å². The van der Waals surface area contributed by atoms with Crippen molar-refractivity contribution in [2.75, 3.05) is 25.0 Å². The third kappa shape index (κ3) is 13.0. The molecule has 0 fully saturated rings. The SMILES string of the molecule is Bc1c(B)c(B)c(C(=O)NCCCCCCN(CCC(=O)Nc2ccc(OC(O)C(O)C(O)C(O)C(C)C(=O)O)cc2)C(=O)CCCC)c(B)c1B. The van der Waals surface area contributed by atoms with Crippen LogP contribution >= 0.6 is 0 Å². The van der Waals surface area contributed by atoms with Crippen LogP contribution in [0.5, 0.6) is 5.75 Å². The van der Waals surface area contributed by atoms with E-state index in [2.05, 4.69) is 34.2 Å². The number of ether oxygens (including phenoxy) is 1. The van der Waals surface area contributed by atoms with E-state index >= 15 is 0 Å². The molecule has 0 radical (unpaired) electrons. The Bertz CT molecular complexity index is 1490. The zero-order valence-corrected chi connectivity index (χ0v) is 31.7. The molecule has 5 atom stereocenters. The number of aliphatic hydroxyl groups excluding tert-OH is 4. The fraction of sp³-hybridized carbons (Fsp3) is 0.529. The number of unbranched alkanes of at least 4 members (excludes halogenated alkanes) is 4. The van der Waals surface area contributed by atoms with Gasteiger partial charge in [0.1, 0.15) is 57.2 Å². The van der Waals surface area contributed by atoms with Crippen LogP contribution in [0.1, 0.15) is 75.6 Å². The molecule has 0 spiro atoms. The number of anilines is 1. The summed E-state index contributed by atoms with van der Waals surface area (Å²) in [5.41, 5.74) is 6.73. The maximum absolute atomic E-state index is 13.0.